The highest BCUT2D eigenvalue weighted by atomic mass is 35.5. The van der Waals surface area contributed by atoms with Crippen LogP contribution in [0.3, 0.4) is 0 Å². The lowest BCUT2D eigenvalue weighted by atomic mass is 9.92. The number of hydrogen-bond acceptors (Lipinski definition) is 4. The van der Waals surface area contributed by atoms with Gasteiger partial charge in [-0.15, -0.1) is 12.4 Å². The third-order valence-corrected chi connectivity index (χ3v) is 6.66. The Morgan fingerprint density at radius 2 is 1.86 bits per heavy atom. The van der Waals surface area contributed by atoms with E-state index in [-0.39, 0.29) is 29.1 Å². The third-order valence-electron chi connectivity index (χ3n) is 4.87. The second-order valence-corrected chi connectivity index (χ2v) is 8.87. The van der Waals surface area contributed by atoms with Crippen LogP contribution in [0.15, 0.2) is 59.5 Å². The lowest BCUT2D eigenvalue weighted by Gasteiger charge is -2.27. The lowest BCUT2D eigenvalue weighted by molar-refractivity contribution is -0.120. The Morgan fingerprint density at radius 1 is 1.14 bits per heavy atom. The Labute approximate surface area is 172 Å². The first-order valence-electron chi connectivity index (χ1n) is 9.06. The van der Waals surface area contributed by atoms with Crippen LogP contribution in [0, 0.1) is 5.92 Å². The van der Waals surface area contributed by atoms with E-state index >= 15 is 0 Å². The number of anilines is 2. The Kier molecular flexibility index (Phi) is 7.46. The van der Waals surface area contributed by atoms with E-state index in [4.69, 9.17) is 0 Å². The van der Waals surface area contributed by atoms with E-state index in [1.807, 2.05) is 6.07 Å². The zero-order valence-corrected chi connectivity index (χ0v) is 17.6. The molecule has 2 atom stereocenters. The first-order valence-corrected chi connectivity index (χ1v) is 10.5. The van der Waals surface area contributed by atoms with Crippen LogP contribution >= 0.6 is 12.4 Å². The fourth-order valence-electron chi connectivity index (χ4n) is 3.28. The number of halogens is 1. The zero-order valence-electron chi connectivity index (χ0n) is 16.0. The van der Waals surface area contributed by atoms with Crippen molar-refractivity contribution in [3.05, 3.63) is 54.6 Å². The minimum atomic E-state index is -3.71. The fourth-order valence-corrected chi connectivity index (χ4v) is 4.53. The summed E-state index contributed by atoms with van der Waals surface area (Å²) >= 11 is 0. The molecule has 0 unspecified atom stereocenters. The molecule has 8 heteroatoms. The van der Waals surface area contributed by atoms with Gasteiger partial charge in [0.05, 0.1) is 10.6 Å². The van der Waals surface area contributed by atoms with Crippen molar-refractivity contribution in [2.75, 3.05) is 23.2 Å². The van der Waals surface area contributed by atoms with Crippen LogP contribution < -0.4 is 14.9 Å². The molecule has 152 valence electrons. The van der Waals surface area contributed by atoms with Gasteiger partial charge in [-0.1, -0.05) is 24.3 Å². The molecular formula is C20H26ClN3O3S. The molecular weight excluding hydrogens is 398 g/mol. The normalized spacial score (nSPS) is 19.4. The molecule has 0 radical (unpaired) electrons. The van der Waals surface area contributed by atoms with E-state index in [1.165, 1.54) is 23.5 Å². The molecule has 0 bridgehead atoms. The zero-order chi connectivity index (χ0) is 19.4. The summed E-state index contributed by atoms with van der Waals surface area (Å²) in [7, 11) is -2.19. The van der Waals surface area contributed by atoms with Gasteiger partial charge in [0.15, 0.2) is 0 Å². The summed E-state index contributed by atoms with van der Waals surface area (Å²) in [6.45, 7) is 2.88. The molecule has 1 aliphatic rings. The molecule has 2 N–H and O–H groups in total. The van der Waals surface area contributed by atoms with E-state index in [2.05, 4.69) is 17.6 Å². The van der Waals surface area contributed by atoms with Crippen molar-refractivity contribution in [1.82, 2.24) is 5.32 Å². The molecule has 6 nitrogen and oxygen atoms in total. The van der Waals surface area contributed by atoms with Crippen LogP contribution in [-0.4, -0.2) is 34.0 Å². The Hall–Kier alpha value is -2.09. The topological polar surface area (TPSA) is 78.5 Å². The molecule has 2 aromatic carbocycles. The molecule has 0 spiro atoms. The van der Waals surface area contributed by atoms with Crippen molar-refractivity contribution in [3.63, 3.8) is 0 Å². The van der Waals surface area contributed by atoms with Gasteiger partial charge in [0.25, 0.3) is 10.0 Å². The van der Waals surface area contributed by atoms with Crippen LogP contribution in [0.5, 0.6) is 0 Å². The van der Waals surface area contributed by atoms with Crippen LogP contribution in [-0.2, 0) is 14.8 Å². The van der Waals surface area contributed by atoms with Crippen LogP contribution in [0.2, 0.25) is 0 Å². The molecule has 1 fully saturated rings. The molecule has 1 aliphatic heterocycles. The number of benzene rings is 2. The van der Waals surface area contributed by atoms with Gasteiger partial charge in [-0.2, -0.15) is 0 Å². The van der Waals surface area contributed by atoms with E-state index in [9.17, 15) is 13.2 Å². The van der Waals surface area contributed by atoms with Gasteiger partial charge in [0.1, 0.15) is 0 Å². The van der Waals surface area contributed by atoms with Crippen molar-refractivity contribution in [1.29, 1.82) is 0 Å². The number of carbonyl (C=O) groups is 1. The van der Waals surface area contributed by atoms with Gasteiger partial charge in [-0.05, 0) is 56.6 Å². The largest absolute Gasteiger partial charge is 0.326 e. The molecule has 28 heavy (non-hydrogen) atoms. The van der Waals surface area contributed by atoms with Gasteiger partial charge < -0.3 is 10.6 Å². The van der Waals surface area contributed by atoms with Gasteiger partial charge in [-0.25, -0.2) is 8.42 Å². The minimum Gasteiger partial charge on any atom is -0.326 e. The number of hydrogen-bond donors (Lipinski definition) is 2. The first kappa shape index (κ1) is 22.2. The van der Waals surface area contributed by atoms with Crippen molar-refractivity contribution >= 4 is 39.7 Å². The standard InChI is InChI=1S/C20H25N3O3S.ClH/c1-15-13-16(11-12-21-15)20(24)22-17-7-6-10-19(14-17)27(25,26)23(2)18-8-4-3-5-9-18;/h3-10,14-16,21H,11-13H2,1-2H3,(H,22,24);1H/t15-,16-;/m0./s1. The Balaban J connectivity index is 0.00000280. The second kappa shape index (κ2) is 9.41. The number of piperidine rings is 1. The molecule has 3 rings (SSSR count). The molecule has 1 saturated heterocycles. The number of sulfonamides is 1. The number of amides is 1. The number of para-hydroxylation sites is 1. The van der Waals surface area contributed by atoms with E-state index in [1.54, 1.807) is 36.4 Å². The highest BCUT2D eigenvalue weighted by Gasteiger charge is 2.26. The van der Waals surface area contributed by atoms with Gasteiger partial charge in [-0.3, -0.25) is 9.10 Å². The summed E-state index contributed by atoms with van der Waals surface area (Å²) in [5.41, 5.74) is 1.07. The molecule has 0 saturated carbocycles. The summed E-state index contributed by atoms with van der Waals surface area (Å²) in [6.07, 6.45) is 1.56. The van der Waals surface area contributed by atoms with E-state index in [0.29, 0.717) is 17.4 Å². The first-order chi connectivity index (χ1) is 12.9. The van der Waals surface area contributed by atoms with Gasteiger partial charge in [0, 0.05) is 24.7 Å². The average molecular weight is 424 g/mol. The van der Waals surface area contributed by atoms with Gasteiger partial charge in [0.2, 0.25) is 5.91 Å². The maximum atomic E-state index is 12.9. The minimum absolute atomic E-state index is 0. The molecule has 0 aromatic heterocycles. The quantitative estimate of drug-likeness (QED) is 0.773. The molecule has 1 heterocycles. The predicted octanol–water partition coefficient (Wildman–Crippen LogP) is 3.26. The van der Waals surface area contributed by atoms with Crippen LogP contribution in [0.4, 0.5) is 11.4 Å². The second-order valence-electron chi connectivity index (χ2n) is 6.90. The number of nitrogens with zero attached hydrogens (tertiary/aromatic N) is 1. The Bertz CT molecular complexity index is 906. The summed E-state index contributed by atoms with van der Waals surface area (Å²) in [5, 5.41) is 6.20. The molecule has 1 amide bonds. The fraction of sp³-hybridized carbons (Fsp3) is 0.350. The SMILES string of the molecule is C[C@H]1C[C@@H](C(=O)Nc2cccc(S(=O)(=O)N(C)c3ccccc3)c2)CCN1.Cl. The van der Waals surface area contributed by atoms with Gasteiger partial charge >= 0.3 is 0 Å². The number of nitrogens with one attached hydrogen (secondary N) is 2. The lowest BCUT2D eigenvalue weighted by Crippen LogP contribution is -2.40. The highest BCUT2D eigenvalue weighted by Crippen LogP contribution is 2.24. The summed E-state index contributed by atoms with van der Waals surface area (Å²) in [4.78, 5) is 12.7. The van der Waals surface area contributed by atoms with Crippen molar-refractivity contribution in [2.45, 2.75) is 30.7 Å². The molecule has 0 aliphatic carbocycles. The Morgan fingerprint density at radius 3 is 2.54 bits per heavy atom. The maximum absolute atomic E-state index is 12.9. The average Bonchev–Trinajstić information content (AvgIpc) is 2.68. The van der Waals surface area contributed by atoms with E-state index < -0.39 is 10.0 Å². The van der Waals surface area contributed by atoms with Crippen molar-refractivity contribution < 1.29 is 13.2 Å². The van der Waals surface area contributed by atoms with Crippen molar-refractivity contribution in [3.8, 4) is 0 Å². The summed E-state index contributed by atoms with van der Waals surface area (Å²) < 4.78 is 27.1. The van der Waals surface area contributed by atoms with Crippen molar-refractivity contribution in [2.24, 2.45) is 5.92 Å². The smallest absolute Gasteiger partial charge is 0.264 e. The van der Waals surface area contributed by atoms with E-state index in [0.717, 1.165) is 19.4 Å². The third kappa shape index (κ3) is 5.04. The monoisotopic (exact) mass is 423 g/mol. The molecule has 2 aromatic rings. The van der Waals surface area contributed by atoms with Crippen LogP contribution in [0.1, 0.15) is 19.8 Å². The number of carbonyl (C=O) groups excluding carboxylic acids is 1. The maximum Gasteiger partial charge on any atom is 0.264 e. The summed E-state index contributed by atoms with van der Waals surface area (Å²) in [5.74, 6) is -0.122. The summed E-state index contributed by atoms with van der Waals surface area (Å²) in [6, 6.07) is 15.6. The number of rotatable bonds is 5. The predicted molar refractivity (Wildman–Crippen MR) is 115 cm³/mol. The van der Waals surface area contributed by atoms with Crippen LogP contribution in [0.25, 0.3) is 0 Å². The highest BCUT2D eigenvalue weighted by molar-refractivity contribution is 7.92.